The van der Waals surface area contributed by atoms with Crippen molar-refractivity contribution in [2.75, 3.05) is 33.7 Å². The van der Waals surface area contributed by atoms with Crippen LogP contribution in [0.4, 0.5) is 0 Å². The van der Waals surface area contributed by atoms with Crippen LogP contribution in [-0.2, 0) is 6.42 Å². The first kappa shape index (κ1) is 18.7. The average molecular weight is 339 g/mol. The highest BCUT2D eigenvalue weighted by molar-refractivity contribution is 5.99. The number of hydrogen-bond donors (Lipinski definition) is 1. The van der Waals surface area contributed by atoms with Crippen LogP contribution in [0.3, 0.4) is 0 Å². The Hall–Kier alpha value is -2.66. The number of nitrogens with two attached hydrogens (primary N) is 1. The van der Waals surface area contributed by atoms with Gasteiger partial charge in [-0.05, 0) is 30.2 Å². The minimum Gasteiger partial charge on any atom is -0.345 e. The van der Waals surface area contributed by atoms with E-state index in [1.807, 2.05) is 30.3 Å². The van der Waals surface area contributed by atoms with Gasteiger partial charge in [0, 0.05) is 44.9 Å². The number of carbonyl (C=O) groups is 2. The maximum atomic E-state index is 12.8. The molecule has 0 aliphatic rings. The summed E-state index contributed by atoms with van der Waals surface area (Å²) in [5.74, 6) is -0.223. The molecule has 0 aliphatic carbocycles. The molecule has 25 heavy (non-hydrogen) atoms. The molecule has 0 aromatic heterocycles. The average Bonchev–Trinajstić information content (AvgIpc) is 2.64. The first-order valence-corrected chi connectivity index (χ1v) is 8.38. The molecule has 2 amide bonds. The Morgan fingerprint density at radius 3 is 2.12 bits per heavy atom. The van der Waals surface area contributed by atoms with E-state index in [0.29, 0.717) is 30.8 Å². The third kappa shape index (κ3) is 5.16. The molecule has 2 N–H and O–H groups in total. The lowest BCUT2D eigenvalue weighted by atomic mass is 10.1. The fourth-order valence-electron chi connectivity index (χ4n) is 2.61. The highest BCUT2D eigenvalue weighted by atomic mass is 16.2. The van der Waals surface area contributed by atoms with E-state index in [-0.39, 0.29) is 11.8 Å². The van der Waals surface area contributed by atoms with Crippen LogP contribution in [0.15, 0.2) is 54.6 Å². The second-order valence-electron chi connectivity index (χ2n) is 6.10. The number of benzene rings is 2. The maximum Gasteiger partial charge on any atom is 0.253 e. The Morgan fingerprint density at radius 1 is 0.880 bits per heavy atom. The summed E-state index contributed by atoms with van der Waals surface area (Å²) in [4.78, 5) is 28.2. The van der Waals surface area contributed by atoms with Crippen LogP contribution < -0.4 is 5.73 Å². The molecule has 0 saturated heterocycles. The van der Waals surface area contributed by atoms with Crippen molar-refractivity contribution in [3.05, 3.63) is 71.3 Å². The Kier molecular flexibility index (Phi) is 6.71. The zero-order valence-electron chi connectivity index (χ0n) is 14.8. The van der Waals surface area contributed by atoms with Gasteiger partial charge in [0.05, 0.1) is 0 Å². The molecule has 0 bridgehead atoms. The van der Waals surface area contributed by atoms with E-state index >= 15 is 0 Å². The van der Waals surface area contributed by atoms with Crippen molar-refractivity contribution in [1.29, 1.82) is 0 Å². The molecule has 0 saturated carbocycles. The second kappa shape index (κ2) is 8.99. The van der Waals surface area contributed by atoms with Gasteiger partial charge in [0.25, 0.3) is 11.8 Å². The summed E-state index contributed by atoms with van der Waals surface area (Å²) in [6, 6.07) is 16.9. The molecule has 2 aromatic carbocycles. The van der Waals surface area contributed by atoms with Crippen molar-refractivity contribution in [2.24, 2.45) is 5.73 Å². The van der Waals surface area contributed by atoms with Crippen LogP contribution in [0.5, 0.6) is 0 Å². The van der Waals surface area contributed by atoms with Crippen molar-refractivity contribution in [3.63, 3.8) is 0 Å². The van der Waals surface area contributed by atoms with Gasteiger partial charge in [0.1, 0.15) is 0 Å². The summed E-state index contributed by atoms with van der Waals surface area (Å²) in [5.41, 5.74) is 7.87. The second-order valence-corrected chi connectivity index (χ2v) is 6.10. The molecule has 0 atom stereocenters. The van der Waals surface area contributed by atoms with Crippen molar-refractivity contribution in [3.8, 4) is 0 Å². The van der Waals surface area contributed by atoms with Crippen molar-refractivity contribution in [1.82, 2.24) is 9.80 Å². The van der Waals surface area contributed by atoms with Crippen LogP contribution in [0.1, 0.15) is 26.3 Å². The molecule has 5 heteroatoms. The normalized spacial score (nSPS) is 10.4. The number of nitrogens with zero attached hydrogens (tertiary/aromatic N) is 2. The Labute approximate surface area is 149 Å². The van der Waals surface area contributed by atoms with Gasteiger partial charge in [-0.3, -0.25) is 9.59 Å². The van der Waals surface area contributed by atoms with Gasteiger partial charge in [-0.1, -0.05) is 36.4 Å². The third-order valence-corrected chi connectivity index (χ3v) is 3.96. The highest BCUT2D eigenvalue weighted by Gasteiger charge is 2.17. The summed E-state index contributed by atoms with van der Waals surface area (Å²) in [6.45, 7) is 1.47. The van der Waals surface area contributed by atoms with Gasteiger partial charge >= 0.3 is 0 Å². The maximum absolute atomic E-state index is 12.8. The molecule has 0 aliphatic heterocycles. The number of rotatable bonds is 7. The lowest BCUT2D eigenvalue weighted by Crippen LogP contribution is -2.37. The van der Waals surface area contributed by atoms with Gasteiger partial charge < -0.3 is 15.5 Å². The van der Waals surface area contributed by atoms with Crippen LogP contribution in [0, 0.1) is 0 Å². The van der Waals surface area contributed by atoms with E-state index in [4.69, 9.17) is 5.73 Å². The quantitative estimate of drug-likeness (QED) is 0.839. The molecule has 0 spiro atoms. The highest BCUT2D eigenvalue weighted by Crippen LogP contribution is 2.11. The third-order valence-electron chi connectivity index (χ3n) is 3.96. The number of hydrogen-bond acceptors (Lipinski definition) is 3. The van der Waals surface area contributed by atoms with E-state index < -0.39 is 0 Å². The van der Waals surface area contributed by atoms with Gasteiger partial charge in [0.2, 0.25) is 0 Å². The summed E-state index contributed by atoms with van der Waals surface area (Å²) < 4.78 is 0. The molecule has 5 nitrogen and oxygen atoms in total. The predicted molar refractivity (Wildman–Crippen MR) is 99.6 cm³/mol. The fourth-order valence-corrected chi connectivity index (χ4v) is 2.61. The van der Waals surface area contributed by atoms with E-state index in [2.05, 4.69) is 0 Å². The fraction of sp³-hybridized carbons (Fsp3) is 0.300. The predicted octanol–water partition coefficient (Wildman–Crippen LogP) is 2.03. The van der Waals surface area contributed by atoms with Crippen molar-refractivity contribution < 1.29 is 9.59 Å². The Balaban J connectivity index is 2.14. The van der Waals surface area contributed by atoms with Gasteiger partial charge in [-0.15, -0.1) is 0 Å². The molecular formula is C20H25N3O2. The van der Waals surface area contributed by atoms with E-state index in [1.54, 1.807) is 43.3 Å². The van der Waals surface area contributed by atoms with Crippen molar-refractivity contribution in [2.45, 2.75) is 6.42 Å². The molecule has 2 rings (SSSR count). The van der Waals surface area contributed by atoms with E-state index in [0.717, 1.165) is 6.42 Å². The van der Waals surface area contributed by atoms with E-state index in [9.17, 15) is 9.59 Å². The summed E-state index contributed by atoms with van der Waals surface area (Å²) in [7, 11) is 3.38. The summed E-state index contributed by atoms with van der Waals surface area (Å²) in [5, 5.41) is 0. The summed E-state index contributed by atoms with van der Waals surface area (Å²) in [6.07, 6.45) is 0.767. The Morgan fingerprint density at radius 2 is 1.52 bits per heavy atom. The van der Waals surface area contributed by atoms with Gasteiger partial charge in [0.15, 0.2) is 0 Å². The monoisotopic (exact) mass is 339 g/mol. The van der Waals surface area contributed by atoms with Crippen LogP contribution in [-0.4, -0.2) is 55.3 Å². The van der Waals surface area contributed by atoms with Gasteiger partial charge in [-0.2, -0.15) is 0 Å². The topological polar surface area (TPSA) is 66.6 Å². The number of amides is 2. The van der Waals surface area contributed by atoms with Gasteiger partial charge in [-0.25, -0.2) is 0 Å². The zero-order valence-corrected chi connectivity index (χ0v) is 14.8. The molecule has 132 valence electrons. The van der Waals surface area contributed by atoms with Crippen LogP contribution >= 0.6 is 0 Å². The zero-order chi connectivity index (χ0) is 18.2. The molecule has 0 unspecified atom stereocenters. The van der Waals surface area contributed by atoms with E-state index in [1.165, 1.54) is 10.5 Å². The molecule has 0 radical (unpaired) electrons. The molecule has 0 fully saturated rings. The smallest absolute Gasteiger partial charge is 0.253 e. The van der Waals surface area contributed by atoms with Crippen LogP contribution in [0.25, 0.3) is 0 Å². The largest absolute Gasteiger partial charge is 0.345 e. The molecule has 2 aromatic rings. The lowest BCUT2D eigenvalue weighted by molar-refractivity contribution is 0.0762. The van der Waals surface area contributed by atoms with Crippen molar-refractivity contribution >= 4 is 11.8 Å². The lowest BCUT2D eigenvalue weighted by Gasteiger charge is -2.22. The standard InChI is InChI=1S/C20H25N3O2/c1-22(2)19(24)17-9-6-10-18(15-17)20(25)23(14-12-21)13-11-16-7-4-3-5-8-16/h3-10,15H,11-14,21H2,1-2H3. The summed E-state index contributed by atoms with van der Waals surface area (Å²) >= 11 is 0. The minimum absolute atomic E-state index is 0.102. The number of carbonyl (C=O) groups excluding carboxylic acids is 2. The molecule has 0 heterocycles. The SMILES string of the molecule is CN(C)C(=O)c1cccc(C(=O)N(CCN)CCc2ccccc2)c1. The minimum atomic E-state index is -0.121. The first-order valence-electron chi connectivity index (χ1n) is 8.38. The Bertz CT molecular complexity index is 714. The first-order chi connectivity index (χ1) is 12.0. The van der Waals surface area contributed by atoms with Crippen LogP contribution in [0.2, 0.25) is 0 Å². The molecular weight excluding hydrogens is 314 g/mol.